The van der Waals surface area contributed by atoms with Crippen LogP contribution in [0.1, 0.15) is 19.3 Å². The Morgan fingerprint density at radius 1 is 1.47 bits per heavy atom. The Balaban J connectivity index is 2.88. The van der Waals surface area contributed by atoms with Gasteiger partial charge in [0, 0.05) is 32.6 Å². The van der Waals surface area contributed by atoms with Gasteiger partial charge in [0.1, 0.15) is 0 Å². The summed E-state index contributed by atoms with van der Waals surface area (Å²) >= 11 is 0. The standard InChI is InChI=1S/C12H17NO2/c1-4-5-9-6-7-11(14)10(12(9)15)8-13(2)3/h4,8-9H,1,5-7H2,2-3H3/b10-8+. The summed E-state index contributed by atoms with van der Waals surface area (Å²) in [6, 6.07) is 0. The maximum Gasteiger partial charge on any atom is 0.171 e. The first-order chi connectivity index (χ1) is 7.06. The van der Waals surface area contributed by atoms with Crippen LogP contribution in [-0.2, 0) is 9.59 Å². The zero-order valence-electron chi connectivity index (χ0n) is 9.32. The second-order valence-corrected chi connectivity index (χ2v) is 4.05. The minimum absolute atomic E-state index is 0.0279. The molecule has 1 atom stereocenters. The zero-order valence-corrected chi connectivity index (χ0v) is 9.32. The van der Waals surface area contributed by atoms with E-state index in [0.29, 0.717) is 24.8 Å². The Bertz CT molecular complexity index is 316. The molecule has 0 bridgehead atoms. The average Bonchev–Trinajstić information content (AvgIpc) is 2.17. The molecule has 1 unspecified atom stereocenters. The molecular formula is C12H17NO2. The van der Waals surface area contributed by atoms with Crippen molar-refractivity contribution < 1.29 is 9.59 Å². The normalized spacial score (nSPS) is 24.4. The van der Waals surface area contributed by atoms with E-state index in [1.54, 1.807) is 17.2 Å². The number of nitrogens with zero attached hydrogens (tertiary/aromatic N) is 1. The topological polar surface area (TPSA) is 37.4 Å². The zero-order chi connectivity index (χ0) is 11.4. The molecule has 0 spiro atoms. The van der Waals surface area contributed by atoms with Crippen LogP contribution in [0, 0.1) is 5.92 Å². The Kier molecular flexibility index (Phi) is 3.83. The second kappa shape index (κ2) is 4.91. The molecule has 0 radical (unpaired) electrons. The molecule has 0 aromatic rings. The highest BCUT2D eigenvalue weighted by Gasteiger charge is 2.31. The van der Waals surface area contributed by atoms with Crippen molar-refractivity contribution in [2.45, 2.75) is 19.3 Å². The highest BCUT2D eigenvalue weighted by atomic mass is 16.2. The molecule has 0 saturated heterocycles. The Labute approximate surface area is 90.5 Å². The number of ketones is 2. The molecule has 1 rings (SSSR count). The number of rotatable bonds is 3. The van der Waals surface area contributed by atoms with Crippen molar-refractivity contribution in [3.63, 3.8) is 0 Å². The number of carbonyl (C=O) groups excluding carboxylic acids is 2. The Hall–Kier alpha value is -1.38. The monoisotopic (exact) mass is 207 g/mol. The summed E-state index contributed by atoms with van der Waals surface area (Å²) in [5.41, 5.74) is 0.345. The van der Waals surface area contributed by atoms with Crippen molar-refractivity contribution in [2.75, 3.05) is 14.1 Å². The summed E-state index contributed by atoms with van der Waals surface area (Å²) in [6.07, 6.45) is 5.17. The van der Waals surface area contributed by atoms with Crippen LogP contribution in [0.2, 0.25) is 0 Å². The fraction of sp³-hybridized carbons (Fsp3) is 0.500. The molecule has 1 aliphatic rings. The van der Waals surface area contributed by atoms with Gasteiger partial charge in [-0.05, 0) is 12.8 Å². The van der Waals surface area contributed by atoms with Gasteiger partial charge >= 0.3 is 0 Å². The third-order valence-electron chi connectivity index (χ3n) is 2.50. The summed E-state index contributed by atoms with van der Waals surface area (Å²) in [4.78, 5) is 25.2. The molecule has 1 fully saturated rings. The van der Waals surface area contributed by atoms with Gasteiger partial charge in [-0.15, -0.1) is 6.58 Å². The van der Waals surface area contributed by atoms with Crippen molar-refractivity contribution >= 4 is 11.6 Å². The summed E-state index contributed by atoms with van der Waals surface area (Å²) in [6.45, 7) is 3.63. The lowest BCUT2D eigenvalue weighted by atomic mass is 9.82. The van der Waals surface area contributed by atoms with E-state index in [-0.39, 0.29) is 17.5 Å². The quantitative estimate of drug-likeness (QED) is 0.400. The Morgan fingerprint density at radius 2 is 2.13 bits per heavy atom. The van der Waals surface area contributed by atoms with Crippen LogP contribution >= 0.6 is 0 Å². The van der Waals surface area contributed by atoms with Crippen molar-refractivity contribution in [1.29, 1.82) is 0 Å². The first-order valence-electron chi connectivity index (χ1n) is 5.12. The van der Waals surface area contributed by atoms with Gasteiger partial charge in [-0.3, -0.25) is 9.59 Å². The average molecular weight is 207 g/mol. The van der Waals surface area contributed by atoms with Gasteiger partial charge in [-0.2, -0.15) is 0 Å². The first kappa shape index (κ1) is 11.7. The predicted molar refractivity (Wildman–Crippen MR) is 59.3 cm³/mol. The van der Waals surface area contributed by atoms with Crippen LogP contribution in [0.5, 0.6) is 0 Å². The lowest BCUT2D eigenvalue weighted by molar-refractivity contribution is -0.126. The molecule has 3 heteroatoms. The summed E-state index contributed by atoms with van der Waals surface area (Å²) < 4.78 is 0. The van der Waals surface area contributed by atoms with Gasteiger partial charge in [0.05, 0.1) is 5.57 Å². The van der Waals surface area contributed by atoms with Gasteiger partial charge in [-0.25, -0.2) is 0 Å². The smallest absolute Gasteiger partial charge is 0.171 e. The van der Waals surface area contributed by atoms with Gasteiger partial charge < -0.3 is 4.90 Å². The van der Waals surface area contributed by atoms with Crippen molar-refractivity contribution in [3.05, 3.63) is 24.4 Å². The second-order valence-electron chi connectivity index (χ2n) is 4.05. The van der Waals surface area contributed by atoms with Crippen LogP contribution in [0.15, 0.2) is 24.4 Å². The van der Waals surface area contributed by atoms with Gasteiger partial charge in [0.25, 0.3) is 0 Å². The van der Waals surface area contributed by atoms with E-state index < -0.39 is 0 Å². The minimum atomic E-state index is -0.0496. The molecular weight excluding hydrogens is 190 g/mol. The number of Topliss-reactive ketones (excluding diaryl/α,β-unsaturated/α-hetero) is 2. The van der Waals surface area contributed by atoms with E-state index in [9.17, 15) is 9.59 Å². The van der Waals surface area contributed by atoms with Crippen LogP contribution < -0.4 is 0 Å². The molecule has 82 valence electrons. The fourth-order valence-corrected chi connectivity index (χ4v) is 1.75. The number of carbonyl (C=O) groups is 2. The number of allylic oxidation sites excluding steroid dienone is 2. The number of hydrogen-bond donors (Lipinski definition) is 0. The Morgan fingerprint density at radius 3 is 2.67 bits per heavy atom. The molecule has 0 N–H and O–H groups in total. The minimum Gasteiger partial charge on any atom is -0.383 e. The maximum atomic E-state index is 11.9. The van der Waals surface area contributed by atoms with E-state index in [4.69, 9.17) is 0 Å². The van der Waals surface area contributed by atoms with E-state index in [2.05, 4.69) is 6.58 Å². The molecule has 0 amide bonds. The van der Waals surface area contributed by atoms with E-state index in [1.165, 1.54) is 0 Å². The number of hydrogen-bond acceptors (Lipinski definition) is 3. The molecule has 15 heavy (non-hydrogen) atoms. The highest BCUT2D eigenvalue weighted by Crippen LogP contribution is 2.25. The van der Waals surface area contributed by atoms with Crippen LogP contribution in [-0.4, -0.2) is 30.6 Å². The van der Waals surface area contributed by atoms with Gasteiger partial charge in [-0.1, -0.05) is 6.08 Å². The van der Waals surface area contributed by atoms with Crippen molar-refractivity contribution in [3.8, 4) is 0 Å². The summed E-state index contributed by atoms with van der Waals surface area (Å²) in [5, 5.41) is 0. The van der Waals surface area contributed by atoms with Crippen LogP contribution in [0.4, 0.5) is 0 Å². The van der Waals surface area contributed by atoms with Crippen LogP contribution in [0.3, 0.4) is 0 Å². The largest absolute Gasteiger partial charge is 0.383 e. The highest BCUT2D eigenvalue weighted by molar-refractivity contribution is 6.22. The summed E-state index contributed by atoms with van der Waals surface area (Å²) in [7, 11) is 3.62. The van der Waals surface area contributed by atoms with E-state index in [0.717, 1.165) is 0 Å². The van der Waals surface area contributed by atoms with Gasteiger partial charge in [0.15, 0.2) is 11.6 Å². The first-order valence-corrected chi connectivity index (χ1v) is 5.12. The fourth-order valence-electron chi connectivity index (χ4n) is 1.75. The molecule has 1 aliphatic carbocycles. The molecule has 0 aromatic carbocycles. The van der Waals surface area contributed by atoms with E-state index in [1.807, 2.05) is 14.1 Å². The van der Waals surface area contributed by atoms with Crippen molar-refractivity contribution in [1.82, 2.24) is 4.90 Å². The third kappa shape index (κ3) is 2.78. The molecule has 0 aliphatic heterocycles. The van der Waals surface area contributed by atoms with Crippen LogP contribution in [0.25, 0.3) is 0 Å². The molecule has 1 saturated carbocycles. The molecule has 3 nitrogen and oxygen atoms in total. The SMILES string of the molecule is C=CCC1CCC(=O)/C(=C\N(C)C)C1=O. The van der Waals surface area contributed by atoms with Crippen molar-refractivity contribution in [2.24, 2.45) is 5.92 Å². The van der Waals surface area contributed by atoms with Gasteiger partial charge in [0.2, 0.25) is 0 Å². The molecule has 0 heterocycles. The molecule has 0 aromatic heterocycles. The third-order valence-corrected chi connectivity index (χ3v) is 2.50. The maximum absolute atomic E-state index is 11.9. The lowest BCUT2D eigenvalue weighted by Crippen LogP contribution is -2.29. The predicted octanol–water partition coefficient (Wildman–Crippen LogP) is 1.56. The summed E-state index contributed by atoms with van der Waals surface area (Å²) in [5.74, 6) is -0.111. The van der Waals surface area contributed by atoms with E-state index >= 15 is 0 Å². The lowest BCUT2D eigenvalue weighted by Gasteiger charge is -2.21.